The van der Waals surface area contributed by atoms with Gasteiger partial charge in [0.05, 0.1) is 12.8 Å². The van der Waals surface area contributed by atoms with Gasteiger partial charge in [-0.25, -0.2) is 5.43 Å². The fourth-order valence-corrected chi connectivity index (χ4v) is 7.25. The third-order valence-electron chi connectivity index (χ3n) is 9.76. The van der Waals surface area contributed by atoms with Crippen LogP contribution in [-0.2, 0) is 16.9 Å². The van der Waals surface area contributed by atoms with Gasteiger partial charge in [-0.05, 0) is 73.6 Å². The Hall–Kier alpha value is -2.76. The van der Waals surface area contributed by atoms with Gasteiger partial charge in [0.25, 0.3) is 5.91 Å². The Morgan fingerprint density at radius 1 is 1.15 bits per heavy atom. The summed E-state index contributed by atoms with van der Waals surface area (Å²) in [4.78, 5) is 15.3. The lowest BCUT2D eigenvalue weighted by atomic mass is 9.67. The highest BCUT2D eigenvalue weighted by Gasteiger charge is 2.47. The Balaban J connectivity index is 1.14. The van der Waals surface area contributed by atoms with Gasteiger partial charge < -0.3 is 31.0 Å². The second kappa shape index (κ2) is 10.3. The molecule has 5 N–H and O–H groups in total. The SMILES string of the molecule is COc1cc2c(cc1C1(C(N)=O)C=CC=C(C(F)(F)F)N1)CNN2C1CCN(CC2CCC3(CC2)CNC3)CC1. The minimum absolute atomic E-state index is 0.262. The maximum absolute atomic E-state index is 13.6. The number of dihydropyridines is 1. The predicted octanol–water partition coefficient (Wildman–Crippen LogP) is 3.05. The third-order valence-corrected chi connectivity index (χ3v) is 9.76. The lowest BCUT2D eigenvalue weighted by Crippen LogP contribution is -2.55. The fraction of sp³-hybridized carbons (Fsp3) is 0.621. The van der Waals surface area contributed by atoms with Gasteiger partial charge in [-0.1, -0.05) is 6.08 Å². The van der Waals surface area contributed by atoms with E-state index in [4.69, 9.17) is 10.5 Å². The summed E-state index contributed by atoms with van der Waals surface area (Å²) in [5, 5.41) is 7.99. The molecule has 6 rings (SSSR count). The average molecular weight is 561 g/mol. The number of hydrazine groups is 1. The molecule has 1 spiro atoms. The number of piperidine rings is 1. The van der Waals surface area contributed by atoms with Gasteiger partial charge in [0.15, 0.2) is 5.54 Å². The number of methoxy groups -OCH3 is 1. The van der Waals surface area contributed by atoms with Crippen molar-refractivity contribution in [1.29, 1.82) is 0 Å². The number of allylic oxidation sites excluding steroid dienone is 3. The van der Waals surface area contributed by atoms with E-state index in [-0.39, 0.29) is 5.56 Å². The minimum Gasteiger partial charge on any atom is -0.496 e. The van der Waals surface area contributed by atoms with Crippen LogP contribution in [0.5, 0.6) is 5.75 Å². The molecule has 2 saturated heterocycles. The Morgan fingerprint density at radius 3 is 2.48 bits per heavy atom. The molecular formula is C29H39F3N6O2. The van der Waals surface area contributed by atoms with Crippen LogP contribution in [0.15, 0.2) is 36.1 Å². The van der Waals surface area contributed by atoms with Crippen LogP contribution >= 0.6 is 0 Å². The Kier molecular flexibility index (Phi) is 7.03. The molecule has 8 nitrogen and oxygen atoms in total. The van der Waals surface area contributed by atoms with Crippen LogP contribution in [0.3, 0.4) is 0 Å². The number of ether oxygens (including phenoxy) is 1. The van der Waals surface area contributed by atoms with E-state index in [1.165, 1.54) is 64.6 Å². The minimum atomic E-state index is -4.66. The van der Waals surface area contributed by atoms with Gasteiger partial charge in [0.2, 0.25) is 0 Å². The molecule has 0 radical (unpaired) electrons. The molecular weight excluding hydrogens is 521 g/mol. The van der Waals surface area contributed by atoms with Crippen molar-refractivity contribution >= 4 is 11.6 Å². The number of alkyl halides is 3. The first-order chi connectivity index (χ1) is 19.1. The van der Waals surface area contributed by atoms with Crippen molar-refractivity contribution in [2.75, 3.05) is 44.8 Å². The fourth-order valence-electron chi connectivity index (χ4n) is 7.25. The second-order valence-corrected chi connectivity index (χ2v) is 12.2. The van der Waals surface area contributed by atoms with Gasteiger partial charge in [0, 0.05) is 56.9 Å². The zero-order valence-corrected chi connectivity index (χ0v) is 22.9. The van der Waals surface area contributed by atoms with E-state index in [9.17, 15) is 18.0 Å². The number of likely N-dealkylation sites (tertiary alicyclic amines) is 1. The largest absolute Gasteiger partial charge is 0.496 e. The Labute approximate surface area is 233 Å². The standard InChI is InChI=1S/C29H39F3N6O2/c1-40-24-14-23-20(13-22(24)28(26(33)39)8-2-3-25(36-28)29(30,31)32)15-35-38(23)21-6-11-37(12-7-21)16-19-4-9-27(10-5-19)17-34-18-27/h2-3,8,13-14,19,21,34-36H,4-7,9-12,15-18H2,1H3,(H2,33,39). The number of hydrogen-bond donors (Lipinski definition) is 4. The number of halogens is 3. The predicted molar refractivity (Wildman–Crippen MR) is 146 cm³/mol. The van der Waals surface area contributed by atoms with E-state index in [2.05, 4.69) is 26.0 Å². The molecule has 0 aromatic heterocycles. The Bertz CT molecular complexity index is 1190. The lowest BCUT2D eigenvalue weighted by Gasteiger charge is -2.48. The van der Waals surface area contributed by atoms with Gasteiger partial charge >= 0.3 is 6.18 Å². The van der Waals surface area contributed by atoms with Crippen LogP contribution in [-0.4, -0.2) is 62.9 Å². The van der Waals surface area contributed by atoms with Crippen molar-refractivity contribution in [2.24, 2.45) is 17.1 Å². The smallest absolute Gasteiger partial charge is 0.430 e. The van der Waals surface area contributed by atoms with Crippen molar-refractivity contribution in [3.63, 3.8) is 0 Å². The number of hydrogen-bond acceptors (Lipinski definition) is 7. The summed E-state index contributed by atoms with van der Waals surface area (Å²) in [7, 11) is 1.45. The van der Waals surface area contributed by atoms with E-state index in [0.717, 1.165) is 49.2 Å². The average Bonchev–Trinajstić information content (AvgIpc) is 3.34. The van der Waals surface area contributed by atoms with Crippen LogP contribution in [0.25, 0.3) is 0 Å². The molecule has 1 aromatic carbocycles. The number of fused-ring (bicyclic) bond motifs is 1. The normalized spacial score (nSPS) is 27.2. The summed E-state index contributed by atoms with van der Waals surface area (Å²) < 4.78 is 46.3. The Morgan fingerprint density at radius 2 is 1.88 bits per heavy atom. The van der Waals surface area contributed by atoms with Crippen molar-refractivity contribution in [2.45, 2.75) is 62.8 Å². The van der Waals surface area contributed by atoms with Crippen molar-refractivity contribution < 1.29 is 22.7 Å². The topological polar surface area (TPSA) is 94.9 Å². The molecule has 3 fully saturated rings. The first kappa shape index (κ1) is 27.4. The number of nitrogens with one attached hydrogen (secondary N) is 3. The summed E-state index contributed by atoms with van der Waals surface area (Å²) in [5.74, 6) is 0.161. The van der Waals surface area contributed by atoms with Crippen LogP contribution in [0, 0.1) is 11.3 Å². The van der Waals surface area contributed by atoms with Gasteiger partial charge in [0.1, 0.15) is 11.4 Å². The van der Waals surface area contributed by atoms with Crippen molar-refractivity contribution in [3.05, 3.63) is 47.2 Å². The highest BCUT2D eigenvalue weighted by molar-refractivity contribution is 5.91. The van der Waals surface area contributed by atoms with Gasteiger partial charge in [-0.2, -0.15) is 13.2 Å². The summed E-state index contributed by atoms with van der Waals surface area (Å²) >= 11 is 0. The number of amides is 1. The first-order valence-electron chi connectivity index (χ1n) is 14.3. The molecule has 4 heterocycles. The number of nitrogens with zero attached hydrogens (tertiary/aromatic N) is 2. The molecule has 11 heteroatoms. The molecule has 40 heavy (non-hydrogen) atoms. The number of primary amides is 1. The highest BCUT2D eigenvalue weighted by atomic mass is 19.4. The van der Waals surface area contributed by atoms with Crippen LogP contribution in [0.1, 0.15) is 49.7 Å². The van der Waals surface area contributed by atoms with E-state index < -0.39 is 23.3 Å². The second-order valence-electron chi connectivity index (χ2n) is 12.2. The zero-order chi connectivity index (χ0) is 28.1. The lowest BCUT2D eigenvalue weighted by molar-refractivity contribution is -0.125. The van der Waals surface area contributed by atoms with Crippen molar-refractivity contribution in [1.82, 2.24) is 21.0 Å². The molecule has 1 aromatic rings. The quantitative estimate of drug-likeness (QED) is 0.425. The zero-order valence-electron chi connectivity index (χ0n) is 22.9. The van der Waals surface area contributed by atoms with Crippen LogP contribution < -0.4 is 31.5 Å². The van der Waals surface area contributed by atoms with Crippen LogP contribution in [0.2, 0.25) is 0 Å². The molecule has 1 saturated carbocycles. The van der Waals surface area contributed by atoms with Gasteiger partial charge in [-0.15, -0.1) is 0 Å². The molecule has 0 bridgehead atoms. The number of rotatable bonds is 6. The molecule has 5 aliphatic rings. The van der Waals surface area contributed by atoms with E-state index in [0.29, 0.717) is 23.8 Å². The van der Waals surface area contributed by atoms with E-state index in [1.807, 2.05) is 6.07 Å². The first-order valence-corrected chi connectivity index (χ1v) is 14.3. The maximum atomic E-state index is 13.6. The number of benzene rings is 1. The molecule has 1 amide bonds. The third kappa shape index (κ3) is 4.86. The summed E-state index contributed by atoms with van der Waals surface area (Å²) in [6.45, 7) is 6.17. The van der Waals surface area contributed by atoms with E-state index in [1.54, 1.807) is 6.07 Å². The molecule has 1 unspecified atom stereocenters. The van der Waals surface area contributed by atoms with E-state index >= 15 is 0 Å². The number of nitrogens with two attached hydrogens (primary N) is 1. The van der Waals surface area contributed by atoms with Crippen LogP contribution in [0.4, 0.5) is 18.9 Å². The van der Waals surface area contributed by atoms with Crippen molar-refractivity contribution in [3.8, 4) is 5.75 Å². The maximum Gasteiger partial charge on any atom is 0.430 e. The number of carbonyl (C=O) groups excluding carboxylic acids is 1. The number of anilines is 1. The summed E-state index contributed by atoms with van der Waals surface area (Å²) in [6.07, 6.45) is 6.24. The molecule has 1 atom stereocenters. The van der Waals surface area contributed by atoms with Gasteiger partial charge in [-0.3, -0.25) is 4.79 Å². The monoisotopic (exact) mass is 560 g/mol. The molecule has 218 valence electrons. The highest BCUT2D eigenvalue weighted by Crippen LogP contribution is 2.44. The molecule has 1 aliphatic carbocycles. The number of carbonyl (C=O) groups is 1. The molecule has 4 aliphatic heterocycles. The summed E-state index contributed by atoms with van der Waals surface area (Å²) in [5.41, 5.74) is 8.95. The summed E-state index contributed by atoms with van der Waals surface area (Å²) in [6, 6.07) is 3.85.